The molecule has 7 rings (SSSR count). The van der Waals surface area contributed by atoms with Gasteiger partial charge in [0, 0.05) is 0 Å². The molecule has 4 aromatic rings. The van der Waals surface area contributed by atoms with Crippen molar-refractivity contribution in [2.45, 2.75) is 41.5 Å². The molecule has 0 fully saturated rings. The molecule has 2 bridgehead atoms. The van der Waals surface area contributed by atoms with E-state index < -0.39 is 27.5 Å². The Hall–Kier alpha value is -2.00. The van der Waals surface area contributed by atoms with Gasteiger partial charge in [0.2, 0.25) is 0 Å². The molecule has 0 aliphatic carbocycles. The van der Waals surface area contributed by atoms with Crippen LogP contribution in [0.4, 0.5) is 0 Å². The van der Waals surface area contributed by atoms with Crippen molar-refractivity contribution in [3.63, 3.8) is 0 Å². The fraction of sp³-hybridized carbons (Fsp3) is 0.194. The Bertz CT molecular complexity index is 1300. The summed E-state index contributed by atoms with van der Waals surface area (Å²) < 4.78 is 5.15. The Morgan fingerprint density at radius 1 is 0.515 bits per heavy atom. The number of hydrogen-bond donors (Lipinski definition) is 0. The molecule has 164 valence electrons. The van der Waals surface area contributed by atoms with Gasteiger partial charge in [-0.25, -0.2) is 0 Å². The van der Waals surface area contributed by atoms with Crippen molar-refractivity contribution < 1.29 is 0 Å². The number of rotatable bonds is 2. The normalized spacial score (nSPS) is 15.1. The molecule has 0 unspecified atom stereocenters. The molecule has 0 aromatic heterocycles. The van der Waals surface area contributed by atoms with Gasteiger partial charge in [0.25, 0.3) is 0 Å². The Kier molecular flexibility index (Phi) is 4.89. The molecule has 0 saturated carbocycles. The van der Waals surface area contributed by atoms with Crippen molar-refractivity contribution in [3.05, 3.63) is 112 Å². The molecule has 0 radical (unpaired) electrons. The fourth-order valence-electron chi connectivity index (χ4n) is 5.49. The summed E-state index contributed by atoms with van der Waals surface area (Å²) in [4.78, 5) is 0. The molecule has 3 heterocycles. The third-order valence-corrected chi connectivity index (χ3v) is 20.7. The van der Waals surface area contributed by atoms with Crippen LogP contribution in [0.15, 0.2) is 66.7 Å². The third kappa shape index (κ3) is 2.97. The molecule has 3 aliphatic rings. The van der Waals surface area contributed by atoms with Crippen LogP contribution in [0.25, 0.3) is 0 Å². The first-order valence-electron chi connectivity index (χ1n) is 11.8. The second-order valence-electron chi connectivity index (χ2n) is 9.87. The van der Waals surface area contributed by atoms with Crippen LogP contribution in [0.1, 0.15) is 38.9 Å². The van der Waals surface area contributed by atoms with E-state index in [-0.39, 0.29) is 0 Å². The first-order chi connectivity index (χ1) is 15.8. The minimum atomic E-state index is -2.11. The number of hydrogen-bond acceptors (Lipinski definition) is 0. The molecule has 0 atom stereocenters. The first kappa shape index (κ1) is 21.5. The van der Waals surface area contributed by atoms with E-state index in [0.29, 0.717) is 0 Å². The minimum absolute atomic E-state index is 1.34. The zero-order valence-corrected chi connectivity index (χ0v) is 23.8. The topological polar surface area (TPSA) is 0 Å². The van der Waals surface area contributed by atoms with E-state index in [9.17, 15) is 0 Å². The van der Waals surface area contributed by atoms with E-state index in [1.165, 1.54) is 38.9 Å². The molecule has 2 heteroatoms. The monoisotopic (exact) mass is 554 g/mol. The summed E-state index contributed by atoms with van der Waals surface area (Å²) in [5.41, 5.74) is 9.97. The fourth-order valence-corrected chi connectivity index (χ4v) is 23.3. The van der Waals surface area contributed by atoms with Crippen molar-refractivity contribution in [2.75, 3.05) is 0 Å². The molecular weight excluding hydrogens is 525 g/mol. The van der Waals surface area contributed by atoms with Crippen molar-refractivity contribution in [3.8, 4) is 0 Å². The second-order valence-corrected chi connectivity index (χ2v) is 19.1. The predicted molar refractivity (Wildman–Crippen MR) is 148 cm³/mol. The van der Waals surface area contributed by atoms with Gasteiger partial charge >= 0.3 is 207 Å². The van der Waals surface area contributed by atoms with Crippen LogP contribution in [0.3, 0.4) is 0 Å². The summed E-state index contributed by atoms with van der Waals surface area (Å²) >= 11 is -2.11. The van der Waals surface area contributed by atoms with Crippen LogP contribution >= 0.6 is 7.26 Å². The van der Waals surface area contributed by atoms with Crippen LogP contribution in [0.2, 0.25) is 0 Å². The van der Waals surface area contributed by atoms with E-state index in [4.69, 9.17) is 0 Å². The molecule has 0 N–H and O–H groups in total. The third-order valence-electron chi connectivity index (χ3n) is 7.78. The molecule has 0 saturated heterocycles. The van der Waals surface area contributed by atoms with E-state index in [0.717, 1.165) is 0 Å². The predicted octanol–water partition coefficient (Wildman–Crippen LogP) is 4.18. The van der Waals surface area contributed by atoms with Crippen LogP contribution in [0.5, 0.6) is 0 Å². The second kappa shape index (κ2) is 7.50. The van der Waals surface area contributed by atoms with E-state index in [1.807, 2.05) is 0 Å². The van der Waals surface area contributed by atoms with E-state index in [1.54, 1.807) is 26.4 Å². The SMILES string of the molecule is Cc1c[c]2c(cc1C)[P+]1([CH-]c3ccccc3)c3cc(C)c(C)c[c]3[Sb]2[c]2cc(C)c(C)cc21. The average Bonchev–Trinajstić information content (AvgIpc) is 2.78. The molecule has 0 nitrogen and oxygen atoms in total. The maximum absolute atomic E-state index is 2.68. The van der Waals surface area contributed by atoms with E-state index >= 15 is 0 Å². The summed E-state index contributed by atoms with van der Waals surface area (Å²) in [5.74, 6) is 0. The summed E-state index contributed by atoms with van der Waals surface area (Å²) in [7, 11) is -1.92. The summed E-state index contributed by atoms with van der Waals surface area (Å²) in [6, 6.07) is 26.5. The van der Waals surface area contributed by atoms with Gasteiger partial charge in [-0.2, -0.15) is 0 Å². The molecule has 33 heavy (non-hydrogen) atoms. The van der Waals surface area contributed by atoms with Crippen LogP contribution < -0.4 is 26.4 Å². The van der Waals surface area contributed by atoms with Crippen LogP contribution in [0, 0.1) is 47.7 Å². The standard InChI is InChI=1S/C31H30P.Sb/c1-22-12-15-29(18-25(22)4)32(21-28-10-8-7-9-11-28,30-16-13-23(2)26(5)19-30)31-17-14-24(3)27(6)20-31;/h7-14,18-21H,1-6H3;. The van der Waals surface area contributed by atoms with Gasteiger partial charge in [-0.3, -0.25) is 0 Å². The zero-order chi connectivity index (χ0) is 23.1. The Balaban J connectivity index is 1.80. The molecular formula is C31H30PSb. The zero-order valence-electron chi connectivity index (χ0n) is 20.3. The molecule has 0 spiro atoms. The number of benzene rings is 4. The average molecular weight is 555 g/mol. The van der Waals surface area contributed by atoms with Gasteiger partial charge in [-0.1, -0.05) is 0 Å². The summed E-state index contributed by atoms with van der Waals surface area (Å²) in [5, 5.41) is 4.97. The molecule has 4 aromatic carbocycles. The molecule has 0 amide bonds. The quantitative estimate of drug-likeness (QED) is 0.198. The Morgan fingerprint density at radius 3 is 1.27 bits per heavy atom. The van der Waals surface area contributed by atoms with Gasteiger partial charge in [0.05, 0.1) is 0 Å². The van der Waals surface area contributed by atoms with Gasteiger partial charge < -0.3 is 0 Å². The van der Waals surface area contributed by atoms with Gasteiger partial charge in [-0.15, -0.1) is 0 Å². The van der Waals surface area contributed by atoms with Gasteiger partial charge in [0.1, 0.15) is 0 Å². The maximum atomic E-state index is 2.68. The van der Waals surface area contributed by atoms with Gasteiger partial charge in [0.15, 0.2) is 0 Å². The Labute approximate surface area is 206 Å². The van der Waals surface area contributed by atoms with Gasteiger partial charge in [-0.05, 0) is 0 Å². The van der Waals surface area contributed by atoms with Crippen LogP contribution in [-0.4, -0.2) is 20.2 Å². The summed E-state index contributed by atoms with van der Waals surface area (Å²) in [6.07, 6.45) is 2.68. The van der Waals surface area contributed by atoms with Crippen molar-refractivity contribution in [1.82, 2.24) is 0 Å². The van der Waals surface area contributed by atoms with Crippen molar-refractivity contribution >= 4 is 53.9 Å². The van der Waals surface area contributed by atoms with E-state index in [2.05, 4.69) is 114 Å². The molecule has 3 aliphatic heterocycles. The van der Waals surface area contributed by atoms with Crippen LogP contribution in [-0.2, 0) is 0 Å². The summed E-state index contributed by atoms with van der Waals surface area (Å²) in [6.45, 7) is 13.8. The van der Waals surface area contributed by atoms with Crippen molar-refractivity contribution in [1.29, 1.82) is 0 Å². The Morgan fingerprint density at radius 2 is 0.879 bits per heavy atom. The first-order valence-corrected chi connectivity index (χ1v) is 17.5. The van der Waals surface area contributed by atoms with Crippen molar-refractivity contribution in [2.24, 2.45) is 0 Å². The number of aryl methyl sites for hydroxylation is 6.